The maximum Gasteiger partial charge on any atom is 0.197 e. The summed E-state index contributed by atoms with van der Waals surface area (Å²) in [7, 11) is 0. The van der Waals surface area contributed by atoms with Gasteiger partial charge in [-0.15, -0.1) is 0 Å². The summed E-state index contributed by atoms with van der Waals surface area (Å²) >= 11 is 12.4. The van der Waals surface area contributed by atoms with Crippen molar-refractivity contribution in [1.29, 1.82) is 0 Å². The Morgan fingerprint density at radius 3 is 2.22 bits per heavy atom. The molecule has 0 fully saturated rings. The van der Waals surface area contributed by atoms with E-state index in [4.69, 9.17) is 11.6 Å². The van der Waals surface area contributed by atoms with E-state index in [2.05, 4.69) is 31.9 Å². The zero-order valence-corrected chi connectivity index (χ0v) is 12.8. The third kappa shape index (κ3) is 2.82. The van der Waals surface area contributed by atoms with Gasteiger partial charge in [0.25, 0.3) is 0 Å². The lowest BCUT2D eigenvalue weighted by Gasteiger charge is -2.06. The van der Waals surface area contributed by atoms with Crippen molar-refractivity contribution in [2.45, 2.75) is 0 Å². The summed E-state index contributed by atoms with van der Waals surface area (Å²) in [4.78, 5) is 12.2. The van der Waals surface area contributed by atoms with Gasteiger partial charge in [-0.3, -0.25) is 4.79 Å². The van der Waals surface area contributed by atoms with E-state index in [1.165, 1.54) is 18.2 Å². The lowest BCUT2D eigenvalue weighted by atomic mass is 10.0. The maximum atomic E-state index is 13.6. The molecule has 0 aromatic heterocycles. The molecule has 0 atom stereocenters. The molecule has 2 aromatic rings. The molecule has 0 aliphatic rings. The highest BCUT2D eigenvalue weighted by atomic mass is 79.9. The molecule has 0 radical (unpaired) electrons. The summed E-state index contributed by atoms with van der Waals surface area (Å²) in [5.74, 6) is -1.01. The Hall–Kier alpha value is -0.710. The second-order valence-electron chi connectivity index (χ2n) is 3.58. The van der Waals surface area contributed by atoms with Gasteiger partial charge in [-0.05, 0) is 36.4 Å². The molecular weight excluding hydrogens is 386 g/mol. The highest BCUT2D eigenvalue weighted by molar-refractivity contribution is 9.10. The Balaban J connectivity index is 2.54. The van der Waals surface area contributed by atoms with Gasteiger partial charge >= 0.3 is 0 Å². The minimum Gasteiger partial charge on any atom is -0.288 e. The van der Waals surface area contributed by atoms with Crippen molar-refractivity contribution in [3.05, 3.63) is 67.3 Å². The van der Waals surface area contributed by atoms with E-state index in [9.17, 15) is 9.18 Å². The second kappa shape index (κ2) is 5.51. The minimum atomic E-state index is -0.570. The first kappa shape index (κ1) is 13.7. The molecule has 0 aliphatic heterocycles. The fourth-order valence-electron chi connectivity index (χ4n) is 1.49. The van der Waals surface area contributed by atoms with Crippen LogP contribution in [0.1, 0.15) is 15.9 Å². The van der Waals surface area contributed by atoms with Crippen LogP contribution in [0.3, 0.4) is 0 Å². The summed E-state index contributed by atoms with van der Waals surface area (Å²) in [6, 6.07) is 9.10. The maximum absolute atomic E-state index is 13.6. The van der Waals surface area contributed by atoms with Crippen LogP contribution in [0.15, 0.2) is 45.3 Å². The summed E-state index contributed by atoms with van der Waals surface area (Å²) in [5, 5.41) is 0.294. The van der Waals surface area contributed by atoms with Gasteiger partial charge in [-0.25, -0.2) is 4.39 Å². The van der Waals surface area contributed by atoms with Crippen LogP contribution >= 0.6 is 43.5 Å². The molecule has 2 rings (SSSR count). The third-order valence-corrected chi connectivity index (χ3v) is 3.66. The Morgan fingerprint density at radius 1 is 1.00 bits per heavy atom. The van der Waals surface area contributed by atoms with Crippen LogP contribution in [0, 0.1) is 5.82 Å². The quantitative estimate of drug-likeness (QED) is 0.639. The van der Waals surface area contributed by atoms with E-state index in [1.54, 1.807) is 18.2 Å². The van der Waals surface area contributed by atoms with Crippen molar-refractivity contribution >= 4 is 49.2 Å². The van der Waals surface area contributed by atoms with Crippen LogP contribution in [-0.2, 0) is 0 Å². The summed E-state index contributed by atoms with van der Waals surface area (Å²) in [5.41, 5.74) is 0.257. The smallest absolute Gasteiger partial charge is 0.197 e. The number of hydrogen-bond acceptors (Lipinski definition) is 1. The highest BCUT2D eigenvalue weighted by Crippen LogP contribution is 2.25. The molecule has 2 aromatic carbocycles. The lowest BCUT2D eigenvalue weighted by Crippen LogP contribution is -2.05. The number of hydrogen-bond donors (Lipinski definition) is 0. The fourth-order valence-corrected chi connectivity index (χ4v) is 2.41. The molecule has 0 N–H and O–H groups in total. The highest BCUT2D eigenvalue weighted by Gasteiger charge is 2.17. The Bertz CT molecular complexity index is 575. The zero-order valence-electron chi connectivity index (χ0n) is 8.88. The molecule has 1 nitrogen and oxygen atoms in total. The second-order valence-corrected chi connectivity index (χ2v) is 5.82. The van der Waals surface area contributed by atoms with Crippen LogP contribution in [-0.4, -0.2) is 5.78 Å². The number of halogens is 4. The summed E-state index contributed by atoms with van der Waals surface area (Å²) in [6.07, 6.45) is 0. The van der Waals surface area contributed by atoms with Crippen molar-refractivity contribution < 1.29 is 9.18 Å². The molecule has 0 unspecified atom stereocenters. The van der Waals surface area contributed by atoms with Crippen LogP contribution < -0.4 is 0 Å². The van der Waals surface area contributed by atoms with E-state index in [0.717, 1.165) is 0 Å². The monoisotopic (exact) mass is 390 g/mol. The largest absolute Gasteiger partial charge is 0.288 e. The van der Waals surface area contributed by atoms with Crippen molar-refractivity contribution in [1.82, 2.24) is 0 Å². The Labute approximate surface area is 125 Å². The van der Waals surface area contributed by atoms with Crippen LogP contribution in [0.2, 0.25) is 5.02 Å². The standard InChI is InChI=1S/C13H6Br2ClFO/c14-7-1-3-11(16)9(5-7)13(18)10-6-8(15)2-4-12(10)17/h1-6H. The van der Waals surface area contributed by atoms with Gasteiger partial charge in [0.05, 0.1) is 10.6 Å². The van der Waals surface area contributed by atoms with Crippen molar-refractivity contribution in [2.24, 2.45) is 0 Å². The molecule has 0 heterocycles. The predicted octanol–water partition coefficient (Wildman–Crippen LogP) is 5.24. The van der Waals surface area contributed by atoms with Crippen molar-refractivity contribution in [3.8, 4) is 0 Å². The van der Waals surface area contributed by atoms with Crippen LogP contribution in [0.25, 0.3) is 0 Å². The number of carbonyl (C=O) groups excluding carboxylic acids is 1. The van der Waals surface area contributed by atoms with E-state index in [0.29, 0.717) is 14.0 Å². The van der Waals surface area contributed by atoms with E-state index < -0.39 is 11.6 Å². The first-order valence-electron chi connectivity index (χ1n) is 4.94. The van der Waals surface area contributed by atoms with Crippen LogP contribution in [0.4, 0.5) is 4.39 Å². The molecule has 5 heteroatoms. The van der Waals surface area contributed by atoms with Crippen molar-refractivity contribution in [3.63, 3.8) is 0 Å². The van der Waals surface area contributed by atoms with Gasteiger partial charge in [0.15, 0.2) is 5.78 Å². The van der Waals surface area contributed by atoms with Crippen molar-refractivity contribution in [2.75, 3.05) is 0 Å². The molecule has 0 spiro atoms. The fraction of sp³-hybridized carbons (Fsp3) is 0. The molecule has 0 saturated carbocycles. The first-order chi connectivity index (χ1) is 8.49. The average molecular weight is 392 g/mol. The third-order valence-electron chi connectivity index (χ3n) is 2.35. The molecule has 92 valence electrons. The Morgan fingerprint density at radius 2 is 1.56 bits per heavy atom. The number of rotatable bonds is 2. The summed E-state index contributed by atoms with van der Waals surface area (Å²) < 4.78 is 15.0. The van der Waals surface area contributed by atoms with Gasteiger partial charge in [0, 0.05) is 14.5 Å². The van der Waals surface area contributed by atoms with Crippen LogP contribution in [0.5, 0.6) is 0 Å². The molecule has 18 heavy (non-hydrogen) atoms. The van der Waals surface area contributed by atoms with E-state index in [1.807, 2.05) is 0 Å². The predicted molar refractivity (Wildman–Crippen MR) is 76.7 cm³/mol. The number of benzene rings is 2. The number of ketones is 1. The molecule has 0 saturated heterocycles. The molecular formula is C13H6Br2ClFO. The number of carbonyl (C=O) groups is 1. The van der Waals surface area contributed by atoms with Gasteiger partial charge in [-0.1, -0.05) is 43.5 Å². The SMILES string of the molecule is O=C(c1cc(Br)ccc1F)c1cc(Br)ccc1Cl. The Kier molecular flexibility index (Phi) is 4.20. The van der Waals surface area contributed by atoms with Gasteiger partial charge in [0.1, 0.15) is 5.82 Å². The minimum absolute atomic E-state index is 0.00984. The van der Waals surface area contributed by atoms with Gasteiger partial charge in [-0.2, -0.15) is 0 Å². The summed E-state index contributed by atoms with van der Waals surface area (Å²) in [6.45, 7) is 0. The topological polar surface area (TPSA) is 17.1 Å². The molecule has 0 amide bonds. The van der Waals surface area contributed by atoms with Gasteiger partial charge in [0.2, 0.25) is 0 Å². The lowest BCUT2D eigenvalue weighted by molar-refractivity contribution is 0.103. The normalized spacial score (nSPS) is 10.4. The van der Waals surface area contributed by atoms with E-state index >= 15 is 0 Å². The zero-order chi connectivity index (χ0) is 13.3. The molecule has 0 bridgehead atoms. The van der Waals surface area contributed by atoms with E-state index in [-0.39, 0.29) is 11.1 Å². The first-order valence-corrected chi connectivity index (χ1v) is 6.90. The average Bonchev–Trinajstić information content (AvgIpc) is 2.34. The van der Waals surface area contributed by atoms with Gasteiger partial charge < -0.3 is 0 Å². The molecule has 0 aliphatic carbocycles.